The summed E-state index contributed by atoms with van der Waals surface area (Å²) in [6, 6.07) is 17.0. The van der Waals surface area contributed by atoms with Crippen molar-refractivity contribution < 1.29 is 4.79 Å². The topological polar surface area (TPSA) is 47.8 Å². The first kappa shape index (κ1) is 11.3. The summed E-state index contributed by atoms with van der Waals surface area (Å²) in [6.45, 7) is 0. The van der Waals surface area contributed by atoms with Crippen LogP contribution >= 0.6 is 0 Å². The Balaban J connectivity index is 1.91. The molecule has 0 fully saturated rings. The molecule has 0 unspecified atom stereocenters. The lowest BCUT2D eigenvalue weighted by atomic mass is 10.2. The number of benzene rings is 2. The van der Waals surface area contributed by atoms with Crippen molar-refractivity contribution >= 4 is 23.0 Å². The number of hydrogen-bond acceptors (Lipinski definition) is 3. The molecule has 0 radical (unpaired) electrons. The van der Waals surface area contributed by atoms with E-state index in [1.807, 2.05) is 54.6 Å². The minimum Gasteiger partial charge on any atom is -0.267 e. The van der Waals surface area contributed by atoms with Crippen LogP contribution in [0.25, 0.3) is 17.1 Å². The Bertz CT molecular complexity index is 744. The maximum atomic E-state index is 12.1. The van der Waals surface area contributed by atoms with E-state index in [4.69, 9.17) is 0 Å². The Morgan fingerprint density at radius 1 is 1.00 bits per heavy atom. The number of rotatable bonds is 2. The Labute approximate surface area is 110 Å². The van der Waals surface area contributed by atoms with Gasteiger partial charge in [-0.25, -0.2) is 0 Å². The zero-order valence-electron chi connectivity index (χ0n) is 10.1. The van der Waals surface area contributed by atoms with Gasteiger partial charge in [0.1, 0.15) is 5.52 Å². The van der Waals surface area contributed by atoms with E-state index in [1.165, 1.54) is 10.8 Å². The van der Waals surface area contributed by atoms with Crippen LogP contribution in [0.4, 0.5) is 0 Å². The van der Waals surface area contributed by atoms with E-state index in [0.29, 0.717) is 11.0 Å². The first-order valence-electron chi connectivity index (χ1n) is 5.92. The van der Waals surface area contributed by atoms with Gasteiger partial charge in [-0.1, -0.05) is 47.7 Å². The molecule has 2 aromatic carbocycles. The molecule has 0 aliphatic heterocycles. The van der Waals surface area contributed by atoms with Crippen molar-refractivity contribution in [2.75, 3.05) is 0 Å². The zero-order valence-corrected chi connectivity index (χ0v) is 10.1. The quantitative estimate of drug-likeness (QED) is 0.656. The smallest absolute Gasteiger partial charge is 0.267 e. The van der Waals surface area contributed by atoms with E-state index in [2.05, 4.69) is 10.3 Å². The Morgan fingerprint density at radius 2 is 1.74 bits per heavy atom. The van der Waals surface area contributed by atoms with Gasteiger partial charge in [0.25, 0.3) is 5.91 Å². The lowest BCUT2D eigenvalue weighted by molar-refractivity contribution is 0.0958. The Hall–Kier alpha value is -2.75. The number of carbonyl (C=O) groups excluding carboxylic acids is 1. The number of hydrogen-bond donors (Lipinski definition) is 0. The van der Waals surface area contributed by atoms with Crippen molar-refractivity contribution in [1.82, 2.24) is 15.0 Å². The normalized spacial score (nSPS) is 11.2. The lowest BCUT2D eigenvalue weighted by Crippen LogP contribution is -2.08. The van der Waals surface area contributed by atoms with Gasteiger partial charge in [0.2, 0.25) is 0 Å². The molecule has 0 bridgehead atoms. The van der Waals surface area contributed by atoms with Crippen LogP contribution in [0.2, 0.25) is 0 Å². The van der Waals surface area contributed by atoms with Crippen molar-refractivity contribution in [3.8, 4) is 0 Å². The fraction of sp³-hybridized carbons (Fsp3) is 0. The van der Waals surface area contributed by atoms with Gasteiger partial charge in [-0.3, -0.25) is 4.79 Å². The summed E-state index contributed by atoms with van der Waals surface area (Å²) in [6.07, 6.45) is 3.26. The van der Waals surface area contributed by atoms with Crippen molar-refractivity contribution in [1.29, 1.82) is 0 Å². The van der Waals surface area contributed by atoms with E-state index >= 15 is 0 Å². The molecule has 0 saturated heterocycles. The molecule has 1 aromatic heterocycles. The minimum absolute atomic E-state index is 0.211. The number of fused-ring (bicyclic) bond motifs is 1. The van der Waals surface area contributed by atoms with Gasteiger partial charge in [0.15, 0.2) is 0 Å². The largest absolute Gasteiger partial charge is 0.272 e. The molecular formula is C15H11N3O. The highest BCUT2D eigenvalue weighted by Crippen LogP contribution is 2.10. The number of para-hydroxylation sites is 1. The molecule has 3 aromatic rings. The maximum absolute atomic E-state index is 12.1. The van der Waals surface area contributed by atoms with Crippen molar-refractivity contribution in [2.45, 2.75) is 0 Å². The summed E-state index contributed by atoms with van der Waals surface area (Å²) in [5.74, 6) is -0.211. The van der Waals surface area contributed by atoms with Crippen LogP contribution < -0.4 is 0 Å². The number of aromatic nitrogens is 3. The molecule has 4 heteroatoms. The molecule has 0 saturated carbocycles. The first-order valence-corrected chi connectivity index (χ1v) is 5.92. The Kier molecular flexibility index (Phi) is 2.90. The summed E-state index contributed by atoms with van der Waals surface area (Å²) < 4.78 is 1.30. The zero-order chi connectivity index (χ0) is 13.1. The van der Waals surface area contributed by atoms with Crippen LogP contribution in [0.1, 0.15) is 10.4 Å². The third-order valence-electron chi connectivity index (χ3n) is 2.78. The van der Waals surface area contributed by atoms with E-state index in [1.54, 1.807) is 6.08 Å². The molecule has 19 heavy (non-hydrogen) atoms. The van der Waals surface area contributed by atoms with Crippen molar-refractivity contribution in [2.24, 2.45) is 0 Å². The SMILES string of the molecule is O=C(/C=C\c1ccccc1)n1nnc2ccccc21. The summed E-state index contributed by atoms with van der Waals surface area (Å²) in [7, 11) is 0. The van der Waals surface area contributed by atoms with Crippen LogP contribution in [0, 0.1) is 0 Å². The molecule has 0 spiro atoms. The molecule has 1 heterocycles. The third-order valence-corrected chi connectivity index (χ3v) is 2.78. The monoisotopic (exact) mass is 249 g/mol. The maximum Gasteiger partial charge on any atom is 0.272 e. The van der Waals surface area contributed by atoms with Gasteiger partial charge in [-0.05, 0) is 23.8 Å². The number of allylic oxidation sites excluding steroid dienone is 1. The van der Waals surface area contributed by atoms with Crippen LogP contribution in [-0.4, -0.2) is 20.9 Å². The highest BCUT2D eigenvalue weighted by molar-refractivity contribution is 5.98. The summed E-state index contributed by atoms with van der Waals surface area (Å²) in [4.78, 5) is 12.1. The van der Waals surface area contributed by atoms with E-state index in [-0.39, 0.29) is 5.91 Å². The van der Waals surface area contributed by atoms with E-state index in [9.17, 15) is 4.79 Å². The first-order chi connectivity index (χ1) is 9.34. The second-order valence-electron chi connectivity index (χ2n) is 4.07. The predicted octanol–water partition coefficient (Wildman–Crippen LogP) is 2.78. The van der Waals surface area contributed by atoms with Gasteiger partial charge < -0.3 is 0 Å². The summed E-state index contributed by atoms with van der Waals surface area (Å²) >= 11 is 0. The molecule has 0 N–H and O–H groups in total. The highest BCUT2D eigenvalue weighted by Gasteiger charge is 2.07. The fourth-order valence-corrected chi connectivity index (χ4v) is 1.83. The van der Waals surface area contributed by atoms with E-state index < -0.39 is 0 Å². The highest BCUT2D eigenvalue weighted by atomic mass is 16.2. The second-order valence-corrected chi connectivity index (χ2v) is 4.07. The third kappa shape index (κ3) is 2.28. The number of carbonyl (C=O) groups is 1. The molecular weight excluding hydrogens is 238 g/mol. The molecule has 3 rings (SSSR count). The Morgan fingerprint density at radius 3 is 2.58 bits per heavy atom. The van der Waals surface area contributed by atoms with E-state index in [0.717, 1.165) is 5.56 Å². The minimum atomic E-state index is -0.211. The van der Waals surface area contributed by atoms with Crippen LogP contribution in [0.3, 0.4) is 0 Å². The van der Waals surface area contributed by atoms with Gasteiger partial charge in [0.05, 0.1) is 5.52 Å². The van der Waals surface area contributed by atoms with Crippen molar-refractivity contribution in [3.63, 3.8) is 0 Å². The van der Waals surface area contributed by atoms with Crippen LogP contribution in [0.5, 0.6) is 0 Å². The molecule has 0 aliphatic carbocycles. The number of nitrogens with zero attached hydrogens (tertiary/aromatic N) is 3. The van der Waals surface area contributed by atoms with Gasteiger partial charge in [0, 0.05) is 6.08 Å². The summed E-state index contributed by atoms with van der Waals surface area (Å²) in [5.41, 5.74) is 2.40. The molecule has 0 aliphatic rings. The molecule has 4 nitrogen and oxygen atoms in total. The standard InChI is InChI=1S/C15H11N3O/c19-15(11-10-12-6-2-1-3-7-12)18-14-9-5-4-8-13(14)16-17-18/h1-11H/b11-10-. The van der Waals surface area contributed by atoms with Crippen LogP contribution in [0.15, 0.2) is 60.7 Å². The average Bonchev–Trinajstić information content (AvgIpc) is 2.90. The second kappa shape index (κ2) is 4.86. The molecule has 92 valence electrons. The fourth-order valence-electron chi connectivity index (χ4n) is 1.83. The van der Waals surface area contributed by atoms with Crippen molar-refractivity contribution in [3.05, 3.63) is 66.2 Å². The van der Waals surface area contributed by atoms with Gasteiger partial charge in [-0.15, -0.1) is 5.10 Å². The van der Waals surface area contributed by atoms with Gasteiger partial charge in [-0.2, -0.15) is 4.68 Å². The van der Waals surface area contributed by atoms with Gasteiger partial charge >= 0.3 is 0 Å². The molecule has 0 amide bonds. The molecule has 0 atom stereocenters. The van der Waals surface area contributed by atoms with Crippen LogP contribution in [-0.2, 0) is 0 Å². The predicted molar refractivity (Wildman–Crippen MR) is 73.6 cm³/mol. The summed E-state index contributed by atoms with van der Waals surface area (Å²) in [5, 5.41) is 7.83. The lowest BCUT2D eigenvalue weighted by Gasteiger charge is -1.95. The average molecular weight is 249 g/mol.